The fourth-order valence-corrected chi connectivity index (χ4v) is 7.41. The Kier molecular flexibility index (Phi) is 8.17. The Labute approximate surface area is 262 Å². The predicted octanol–water partition coefficient (Wildman–Crippen LogP) is -2.33. The van der Waals surface area contributed by atoms with Crippen molar-refractivity contribution in [2.75, 3.05) is 47.9 Å². The second-order valence-corrected chi connectivity index (χ2v) is 14.4. The molecule has 0 saturated carbocycles. The number of hydrogen-bond acceptors (Lipinski definition) is 16. The summed E-state index contributed by atoms with van der Waals surface area (Å²) in [5.74, 6) is -0.821. The van der Waals surface area contributed by atoms with Crippen molar-refractivity contribution in [1.82, 2.24) is 39.7 Å². The number of aliphatic hydroxyl groups excluding tert-OH is 2. The maximum atomic E-state index is 13.2. The van der Waals surface area contributed by atoms with Gasteiger partial charge in [0.2, 0.25) is 5.95 Å². The second-order valence-electron chi connectivity index (χ2n) is 12.2. The molecule has 6 rings (SSSR count). The number of hydrogen-bond donors (Lipinski definition) is 7. The third-order valence-corrected chi connectivity index (χ3v) is 10.1. The van der Waals surface area contributed by atoms with E-state index < -0.39 is 57.1 Å². The molecule has 6 heterocycles. The largest absolute Gasteiger partial charge is 0.387 e. The minimum atomic E-state index is -3.69. The van der Waals surface area contributed by atoms with E-state index in [2.05, 4.69) is 40.5 Å². The Morgan fingerprint density at radius 3 is 2.65 bits per heavy atom. The van der Waals surface area contributed by atoms with E-state index in [4.69, 9.17) is 16.2 Å². The average molecular weight is 661 g/mol. The molecule has 2 fully saturated rings. The van der Waals surface area contributed by atoms with E-state index in [1.807, 2.05) is 4.90 Å². The number of H-pyrrole nitrogens is 1. The molecule has 1 amide bonds. The molecule has 20 heteroatoms. The predicted molar refractivity (Wildman–Crippen MR) is 166 cm³/mol. The van der Waals surface area contributed by atoms with Crippen LogP contribution in [0.25, 0.3) is 11.2 Å². The highest BCUT2D eigenvalue weighted by Gasteiger charge is 2.46. The lowest BCUT2D eigenvalue weighted by Crippen LogP contribution is -2.54. The van der Waals surface area contributed by atoms with Crippen LogP contribution in [0, 0.1) is 0 Å². The van der Waals surface area contributed by atoms with Gasteiger partial charge in [0.1, 0.15) is 35.9 Å². The number of amides is 1. The van der Waals surface area contributed by atoms with Gasteiger partial charge in [0.15, 0.2) is 39.0 Å². The van der Waals surface area contributed by atoms with Gasteiger partial charge in [0.05, 0.1) is 23.4 Å². The number of carbonyl (C=O) groups excluding carboxylic acids is 1. The maximum Gasteiger partial charge on any atom is 0.280 e. The molecule has 3 aromatic rings. The summed E-state index contributed by atoms with van der Waals surface area (Å²) in [6, 6.07) is -0.177. The van der Waals surface area contributed by atoms with E-state index in [-0.39, 0.29) is 53.0 Å². The normalized spacial score (nSPS) is 25.2. The topological polar surface area (TPSA) is 282 Å². The van der Waals surface area contributed by atoms with Crippen LogP contribution in [0.1, 0.15) is 32.9 Å². The summed E-state index contributed by atoms with van der Waals surface area (Å²) in [5, 5.41) is 27.3. The van der Waals surface area contributed by atoms with Crippen molar-refractivity contribution in [1.29, 1.82) is 0 Å². The molecule has 4 atom stereocenters. The first-order chi connectivity index (χ1) is 21.7. The number of aliphatic imine (C=N–C) groups is 1. The van der Waals surface area contributed by atoms with E-state index in [0.717, 1.165) is 0 Å². The van der Waals surface area contributed by atoms with Gasteiger partial charge in [-0.15, -0.1) is 0 Å². The molecule has 3 aromatic heterocycles. The number of sulfone groups is 1. The standard InChI is InChI=1S/C26H36N12O7S/c1-26(2)18(33-15-20(36-26)34-25(28)35-22(15)41)23(42)32-12-3-5-37(6-4-12)7-8-46(43,44)9-13-16(39)17(40)24(45-13)38-11-31-14-19(27)29-10-30-21(14)38/h10-13,16-17,24,39-40H,3-9H2,1-2H3,(H,32,42)(H2,27,29,30)(H4,28,34,35,36,41)/t13-,16?,17?,24-/m1/s1. The van der Waals surface area contributed by atoms with E-state index in [1.54, 1.807) is 13.8 Å². The van der Waals surface area contributed by atoms with Crippen LogP contribution in [0.4, 0.5) is 23.3 Å². The summed E-state index contributed by atoms with van der Waals surface area (Å²) in [6.07, 6.45) is -1.43. The minimum absolute atomic E-state index is 0.0229. The number of likely N-dealkylation sites (tertiary alicyclic amines) is 1. The minimum Gasteiger partial charge on any atom is -0.387 e. The number of nitrogen functional groups attached to an aromatic ring is 2. The Morgan fingerprint density at radius 2 is 1.91 bits per heavy atom. The first kappa shape index (κ1) is 31.7. The number of imidazole rings is 1. The van der Waals surface area contributed by atoms with Crippen molar-refractivity contribution in [2.45, 2.75) is 62.8 Å². The van der Waals surface area contributed by atoms with Gasteiger partial charge in [-0.05, 0) is 26.7 Å². The van der Waals surface area contributed by atoms with E-state index in [0.29, 0.717) is 31.4 Å². The van der Waals surface area contributed by atoms with Crippen LogP contribution in [0.3, 0.4) is 0 Å². The molecule has 0 aliphatic carbocycles. The highest BCUT2D eigenvalue weighted by molar-refractivity contribution is 7.91. The number of nitrogens with one attached hydrogen (secondary N) is 3. The van der Waals surface area contributed by atoms with Crippen LogP contribution in [-0.4, -0.2) is 126 Å². The van der Waals surface area contributed by atoms with Crippen molar-refractivity contribution in [3.8, 4) is 0 Å². The smallest absolute Gasteiger partial charge is 0.280 e. The van der Waals surface area contributed by atoms with Gasteiger partial charge in [-0.2, -0.15) is 4.98 Å². The molecule has 46 heavy (non-hydrogen) atoms. The van der Waals surface area contributed by atoms with E-state index >= 15 is 0 Å². The number of fused-ring (bicyclic) bond motifs is 2. The van der Waals surface area contributed by atoms with Crippen LogP contribution in [0.15, 0.2) is 22.4 Å². The molecule has 0 bridgehead atoms. The fraction of sp³-hybridized carbons (Fsp3) is 0.577. The van der Waals surface area contributed by atoms with Gasteiger partial charge in [-0.1, -0.05) is 0 Å². The van der Waals surface area contributed by atoms with Crippen molar-refractivity contribution >= 4 is 55.9 Å². The van der Waals surface area contributed by atoms with Crippen LogP contribution in [-0.2, 0) is 19.4 Å². The van der Waals surface area contributed by atoms with Crippen LogP contribution in [0.5, 0.6) is 0 Å². The SMILES string of the molecule is CC1(C)Nc2nc(N)[nH]c(=O)c2N=C1C(=O)NC1CCN(CCS(=O)(=O)C[C@H]2O[C@@H](n3cnc4c(N)ncnc43)C(O)C2O)CC1. The monoisotopic (exact) mass is 660 g/mol. The van der Waals surface area contributed by atoms with Gasteiger partial charge >= 0.3 is 0 Å². The molecular weight excluding hydrogens is 624 g/mol. The lowest BCUT2D eigenvalue weighted by molar-refractivity contribution is -0.116. The van der Waals surface area contributed by atoms with E-state index in [9.17, 15) is 28.2 Å². The number of piperidine rings is 1. The second kappa shape index (κ2) is 11.8. The molecule has 9 N–H and O–H groups in total. The first-order valence-corrected chi connectivity index (χ1v) is 16.5. The summed E-state index contributed by atoms with van der Waals surface area (Å²) in [7, 11) is -3.69. The first-order valence-electron chi connectivity index (χ1n) is 14.7. The zero-order valence-corrected chi connectivity index (χ0v) is 25.9. The third kappa shape index (κ3) is 6.12. The highest BCUT2D eigenvalue weighted by atomic mass is 32.2. The number of nitrogens with zero attached hydrogens (tertiary/aromatic N) is 7. The number of aromatic amines is 1. The summed E-state index contributed by atoms with van der Waals surface area (Å²) >= 11 is 0. The number of rotatable bonds is 8. The zero-order chi connectivity index (χ0) is 33.0. The van der Waals surface area contributed by atoms with E-state index in [1.165, 1.54) is 17.2 Å². The molecule has 0 radical (unpaired) electrons. The maximum absolute atomic E-state index is 13.2. The molecule has 19 nitrogen and oxygen atoms in total. The lowest BCUT2D eigenvalue weighted by Gasteiger charge is -2.35. The summed E-state index contributed by atoms with van der Waals surface area (Å²) < 4.78 is 33.3. The van der Waals surface area contributed by atoms with Gasteiger partial charge in [-0.3, -0.25) is 19.1 Å². The van der Waals surface area contributed by atoms with Gasteiger partial charge in [0, 0.05) is 25.7 Å². The van der Waals surface area contributed by atoms with Gasteiger partial charge < -0.3 is 42.0 Å². The fourth-order valence-electron chi connectivity index (χ4n) is 5.93. The number of ether oxygens (including phenoxy) is 1. The molecule has 0 spiro atoms. The molecule has 3 aliphatic heterocycles. The summed E-state index contributed by atoms with van der Waals surface area (Å²) in [5.41, 5.74) is 10.7. The number of carbonyl (C=O) groups is 1. The van der Waals surface area contributed by atoms with Gasteiger partial charge in [0.25, 0.3) is 11.5 Å². The Bertz CT molecular complexity index is 1850. The van der Waals surface area contributed by atoms with Crippen LogP contribution in [0.2, 0.25) is 0 Å². The van der Waals surface area contributed by atoms with Crippen molar-refractivity contribution in [2.24, 2.45) is 4.99 Å². The number of aliphatic hydroxyl groups is 2. The number of nitrogens with two attached hydrogens (primary N) is 2. The van der Waals surface area contributed by atoms with Crippen LogP contribution < -0.4 is 27.7 Å². The molecule has 2 unspecified atom stereocenters. The number of aromatic nitrogens is 6. The summed E-state index contributed by atoms with van der Waals surface area (Å²) in [4.78, 5) is 50.4. The average Bonchev–Trinajstić information content (AvgIpc) is 3.53. The third-order valence-electron chi connectivity index (χ3n) is 8.43. The summed E-state index contributed by atoms with van der Waals surface area (Å²) in [6.45, 7) is 4.83. The number of anilines is 3. The van der Waals surface area contributed by atoms with Crippen molar-refractivity contribution in [3.63, 3.8) is 0 Å². The van der Waals surface area contributed by atoms with Crippen LogP contribution >= 0.6 is 0 Å². The highest BCUT2D eigenvalue weighted by Crippen LogP contribution is 2.33. The zero-order valence-electron chi connectivity index (χ0n) is 25.1. The molecule has 3 aliphatic rings. The van der Waals surface area contributed by atoms with Crippen molar-refractivity contribution < 1.29 is 28.2 Å². The van der Waals surface area contributed by atoms with Crippen molar-refractivity contribution in [3.05, 3.63) is 23.0 Å². The Balaban J connectivity index is 1.01. The quantitative estimate of drug-likeness (QED) is 0.133. The van der Waals surface area contributed by atoms with Gasteiger partial charge in [-0.25, -0.2) is 28.4 Å². The molecule has 248 valence electrons. The Morgan fingerprint density at radius 1 is 1.17 bits per heavy atom. The molecular formula is C26H36N12O7S. The Hall–Kier alpha value is -4.24. The molecule has 2 saturated heterocycles. The molecule has 0 aromatic carbocycles. The lowest BCUT2D eigenvalue weighted by atomic mass is 9.94.